The fourth-order valence-electron chi connectivity index (χ4n) is 2.22. The maximum atomic E-state index is 3.53. The highest BCUT2D eigenvalue weighted by Gasteiger charge is 2.13. The van der Waals surface area contributed by atoms with Crippen LogP contribution in [0.5, 0.6) is 0 Å². The van der Waals surface area contributed by atoms with Gasteiger partial charge in [-0.25, -0.2) is 0 Å². The van der Waals surface area contributed by atoms with E-state index in [4.69, 9.17) is 0 Å². The monoisotopic (exact) mass is 256 g/mol. The smallest absolute Gasteiger partial charge is 0.0246 e. The Morgan fingerprint density at radius 2 is 1.74 bits per heavy atom. The van der Waals surface area contributed by atoms with E-state index in [0.29, 0.717) is 0 Å². The molecule has 19 heavy (non-hydrogen) atoms. The molecule has 2 aromatic carbocycles. The van der Waals surface area contributed by atoms with Crippen LogP contribution in [0.4, 0.5) is 0 Å². The van der Waals surface area contributed by atoms with E-state index in [9.17, 15) is 0 Å². The van der Waals surface area contributed by atoms with E-state index in [1.54, 1.807) is 0 Å². The molecule has 2 heteroatoms. The highest BCUT2D eigenvalue weighted by atomic mass is 15.0. The zero-order valence-electron chi connectivity index (χ0n) is 12.2. The second kappa shape index (κ2) is 6.18. The predicted molar refractivity (Wildman–Crippen MR) is 83.7 cm³/mol. The fourth-order valence-corrected chi connectivity index (χ4v) is 2.22. The number of hydrogen-bond donors (Lipinski definition) is 2. The molecule has 102 valence electrons. The van der Waals surface area contributed by atoms with Crippen LogP contribution < -0.4 is 10.6 Å². The van der Waals surface area contributed by atoms with Crippen molar-refractivity contribution < 1.29 is 0 Å². The first-order valence-corrected chi connectivity index (χ1v) is 6.99. The van der Waals surface area contributed by atoms with Gasteiger partial charge in [0.15, 0.2) is 0 Å². The molecule has 2 N–H and O–H groups in total. The molecule has 2 nitrogen and oxygen atoms in total. The van der Waals surface area contributed by atoms with Crippen LogP contribution in [0.15, 0.2) is 42.5 Å². The van der Waals surface area contributed by atoms with Crippen molar-refractivity contribution in [2.45, 2.75) is 25.8 Å². The topological polar surface area (TPSA) is 24.1 Å². The zero-order chi connectivity index (χ0) is 13.7. The van der Waals surface area contributed by atoms with Crippen molar-refractivity contribution in [3.05, 3.63) is 48.0 Å². The van der Waals surface area contributed by atoms with E-state index in [-0.39, 0.29) is 5.54 Å². The molecule has 0 aromatic heterocycles. The van der Waals surface area contributed by atoms with Gasteiger partial charge in [0.05, 0.1) is 0 Å². The van der Waals surface area contributed by atoms with Crippen LogP contribution in [0.2, 0.25) is 0 Å². The summed E-state index contributed by atoms with van der Waals surface area (Å²) in [6.07, 6.45) is 1.07. The zero-order valence-corrected chi connectivity index (χ0v) is 12.2. The Morgan fingerprint density at radius 3 is 2.53 bits per heavy atom. The van der Waals surface area contributed by atoms with Gasteiger partial charge in [-0.05, 0) is 50.2 Å². The Kier molecular flexibility index (Phi) is 4.56. The van der Waals surface area contributed by atoms with Gasteiger partial charge in [-0.15, -0.1) is 0 Å². The fraction of sp³-hybridized carbons (Fsp3) is 0.412. The third-order valence-corrected chi connectivity index (χ3v) is 3.69. The van der Waals surface area contributed by atoms with Gasteiger partial charge in [0.1, 0.15) is 0 Å². The number of fused-ring (bicyclic) bond motifs is 1. The van der Waals surface area contributed by atoms with Crippen molar-refractivity contribution in [3.8, 4) is 0 Å². The molecule has 0 amide bonds. The molecular formula is C17H24N2. The number of rotatable bonds is 6. The maximum Gasteiger partial charge on any atom is 0.0246 e. The molecule has 0 saturated heterocycles. The summed E-state index contributed by atoms with van der Waals surface area (Å²) in [6.45, 7) is 6.41. The first-order valence-electron chi connectivity index (χ1n) is 6.99. The number of hydrogen-bond acceptors (Lipinski definition) is 2. The summed E-state index contributed by atoms with van der Waals surface area (Å²) < 4.78 is 0. The van der Waals surface area contributed by atoms with Gasteiger partial charge in [-0.1, -0.05) is 42.5 Å². The molecule has 0 aliphatic rings. The molecule has 0 aliphatic heterocycles. The molecule has 0 saturated carbocycles. The maximum absolute atomic E-state index is 3.53. The van der Waals surface area contributed by atoms with E-state index >= 15 is 0 Å². The summed E-state index contributed by atoms with van der Waals surface area (Å²) in [6, 6.07) is 15.2. The van der Waals surface area contributed by atoms with Crippen LogP contribution in [0.3, 0.4) is 0 Å². The summed E-state index contributed by atoms with van der Waals surface area (Å²) in [5.41, 5.74) is 1.58. The van der Waals surface area contributed by atoms with Crippen molar-refractivity contribution in [3.63, 3.8) is 0 Å². The Balaban J connectivity index is 1.95. The predicted octanol–water partition coefficient (Wildman–Crippen LogP) is 2.97. The van der Waals surface area contributed by atoms with Crippen molar-refractivity contribution >= 4 is 10.8 Å². The molecule has 2 rings (SSSR count). The molecule has 0 radical (unpaired) electrons. The summed E-state index contributed by atoms with van der Waals surface area (Å²) >= 11 is 0. The van der Waals surface area contributed by atoms with E-state index in [1.165, 1.54) is 16.3 Å². The normalized spacial score (nSPS) is 11.9. The SMILES string of the molecule is CNC(C)(C)CNCCc1cccc2ccccc12. The molecule has 0 atom stereocenters. The van der Waals surface area contributed by atoms with Crippen molar-refractivity contribution in [1.29, 1.82) is 0 Å². The van der Waals surface area contributed by atoms with Gasteiger partial charge < -0.3 is 10.6 Å². The van der Waals surface area contributed by atoms with Gasteiger partial charge >= 0.3 is 0 Å². The highest BCUT2D eigenvalue weighted by molar-refractivity contribution is 5.85. The minimum atomic E-state index is 0.152. The van der Waals surface area contributed by atoms with Crippen LogP contribution in [-0.4, -0.2) is 25.7 Å². The second-order valence-electron chi connectivity index (χ2n) is 5.70. The van der Waals surface area contributed by atoms with Gasteiger partial charge in [0.25, 0.3) is 0 Å². The van der Waals surface area contributed by atoms with Crippen molar-refractivity contribution in [2.24, 2.45) is 0 Å². The lowest BCUT2D eigenvalue weighted by molar-refractivity contribution is 0.395. The largest absolute Gasteiger partial charge is 0.315 e. The Hall–Kier alpha value is -1.38. The minimum Gasteiger partial charge on any atom is -0.315 e. The number of likely N-dealkylation sites (N-methyl/N-ethyl adjacent to an activating group) is 1. The molecule has 0 heterocycles. The van der Waals surface area contributed by atoms with E-state index < -0.39 is 0 Å². The van der Waals surface area contributed by atoms with Crippen LogP contribution in [0.25, 0.3) is 10.8 Å². The Bertz CT molecular complexity index is 526. The van der Waals surface area contributed by atoms with Crippen LogP contribution in [0.1, 0.15) is 19.4 Å². The first-order chi connectivity index (χ1) is 9.12. The Labute approximate surface area is 116 Å². The standard InChI is InChI=1S/C17H24N2/c1-17(2,18-3)13-19-12-11-15-9-6-8-14-7-4-5-10-16(14)15/h4-10,18-19H,11-13H2,1-3H3. The van der Waals surface area contributed by atoms with E-state index in [1.807, 2.05) is 7.05 Å². The molecule has 0 aliphatic carbocycles. The van der Waals surface area contributed by atoms with Crippen LogP contribution in [0, 0.1) is 0 Å². The number of benzene rings is 2. The highest BCUT2D eigenvalue weighted by Crippen LogP contribution is 2.18. The molecule has 0 fully saturated rings. The number of nitrogens with one attached hydrogen (secondary N) is 2. The average Bonchev–Trinajstić information content (AvgIpc) is 2.44. The summed E-state index contributed by atoms with van der Waals surface area (Å²) in [4.78, 5) is 0. The molecule has 0 bridgehead atoms. The van der Waals surface area contributed by atoms with Crippen LogP contribution >= 0.6 is 0 Å². The molecular weight excluding hydrogens is 232 g/mol. The van der Waals surface area contributed by atoms with Gasteiger partial charge in [-0.3, -0.25) is 0 Å². The molecule has 0 unspecified atom stereocenters. The lowest BCUT2D eigenvalue weighted by Crippen LogP contribution is -2.46. The summed E-state index contributed by atoms with van der Waals surface area (Å²) in [5, 5.41) is 9.54. The van der Waals surface area contributed by atoms with Gasteiger partial charge in [0.2, 0.25) is 0 Å². The third kappa shape index (κ3) is 3.79. The minimum absolute atomic E-state index is 0.152. The van der Waals surface area contributed by atoms with Crippen molar-refractivity contribution in [2.75, 3.05) is 20.1 Å². The lowest BCUT2D eigenvalue weighted by Gasteiger charge is -2.24. The molecule has 2 aromatic rings. The van der Waals surface area contributed by atoms with Gasteiger partial charge in [0, 0.05) is 12.1 Å². The van der Waals surface area contributed by atoms with Gasteiger partial charge in [-0.2, -0.15) is 0 Å². The first kappa shape index (κ1) is 14.0. The van der Waals surface area contributed by atoms with E-state index in [2.05, 4.69) is 66.9 Å². The van der Waals surface area contributed by atoms with Crippen LogP contribution in [-0.2, 0) is 6.42 Å². The third-order valence-electron chi connectivity index (χ3n) is 3.69. The average molecular weight is 256 g/mol. The quantitative estimate of drug-likeness (QED) is 0.776. The second-order valence-corrected chi connectivity index (χ2v) is 5.70. The lowest BCUT2D eigenvalue weighted by atomic mass is 10.0. The molecule has 0 spiro atoms. The Morgan fingerprint density at radius 1 is 1.00 bits per heavy atom. The van der Waals surface area contributed by atoms with Crippen molar-refractivity contribution in [1.82, 2.24) is 10.6 Å². The summed E-state index contributed by atoms with van der Waals surface area (Å²) in [5.74, 6) is 0. The summed E-state index contributed by atoms with van der Waals surface area (Å²) in [7, 11) is 2.01. The van der Waals surface area contributed by atoms with E-state index in [0.717, 1.165) is 19.5 Å².